The van der Waals surface area contributed by atoms with Gasteiger partial charge in [-0.2, -0.15) is 0 Å². The first-order chi connectivity index (χ1) is 8.54. The topological polar surface area (TPSA) is 49.3 Å². The highest BCUT2D eigenvalue weighted by Gasteiger charge is 2.07. The minimum Gasteiger partial charge on any atom is -0.396 e. The smallest absolute Gasteiger partial charge is 0.251 e. The number of hydrogen-bond donors (Lipinski definition) is 2. The maximum absolute atomic E-state index is 11.8. The minimum atomic E-state index is -0.0774. The Kier molecular flexibility index (Phi) is 6.16. The van der Waals surface area contributed by atoms with Gasteiger partial charge in [-0.05, 0) is 49.4 Å². The van der Waals surface area contributed by atoms with E-state index in [1.54, 1.807) is 18.2 Å². The van der Waals surface area contributed by atoms with Gasteiger partial charge in [-0.3, -0.25) is 4.79 Å². The molecule has 0 aliphatic carbocycles. The standard InChI is InChI=1S/C14H20ClNO2/c1-10(9-17)4-3-7-16-14(18)12-5-6-13(15)11(2)8-12/h5-6,8,10,17H,3-4,7,9H2,1-2H3,(H,16,18). The molecule has 0 spiro atoms. The Morgan fingerprint density at radius 3 is 2.83 bits per heavy atom. The van der Waals surface area contributed by atoms with Gasteiger partial charge in [-0.25, -0.2) is 0 Å². The van der Waals surface area contributed by atoms with Crippen LogP contribution in [0.5, 0.6) is 0 Å². The van der Waals surface area contributed by atoms with E-state index in [9.17, 15) is 4.79 Å². The van der Waals surface area contributed by atoms with Gasteiger partial charge in [0.15, 0.2) is 0 Å². The summed E-state index contributed by atoms with van der Waals surface area (Å²) in [6, 6.07) is 5.24. The van der Waals surface area contributed by atoms with Crippen molar-refractivity contribution in [2.24, 2.45) is 5.92 Å². The zero-order chi connectivity index (χ0) is 13.5. The molecular weight excluding hydrogens is 250 g/mol. The third-order valence-electron chi connectivity index (χ3n) is 2.89. The lowest BCUT2D eigenvalue weighted by Crippen LogP contribution is -2.25. The molecule has 0 aromatic heterocycles. The van der Waals surface area contributed by atoms with Gasteiger partial charge in [-0.1, -0.05) is 18.5 Å². The van der Waals surface area contributed by atoms with Crippen molar-refractivity contribution in [3.8, 4) is 0 Å². The van der Waals surface area contributed by atoms with Crippen LogP contribution in [-0.2, 0) is 0 Å². The van der Waals surface area contributed by atoms with Gasteiger partial charge in [0.1, 0.15) is 0 Å². The van der Waals surface area contributed by atoms with E-state index in [0.29, 0.717) is 23.0 Å². The lowest BCUT2D eigenvalue weighted by molar-refractivity contribution is 0.0952. The lowest BCUT2D eigenvalue weighted by atomic mass is 10.1. The van der Waals surface area contributed by atoms with Crippen LogP contribution in [0.1, 0.15) is 35.7 Å². The van der Waals surface area contributed by atoms with Gasteiger partial charge in [0.25, 0.3) is 5.91 Å². The SMILES string of the molecule is Cc1cc(C(=O)NCCCC(C)CO)ccc1Cl. The van der Waals surface area contributed by atoms with Crippen LogP contribution < -0.4 is 5.32 Å². The van der Waals surface area contributed by atoms with Gasteiger partial charge in [0, 0.05) is 23.7 Å². The molecule has 0 aliphatic heterocycles. The molecule has 1 unspecified atom stereocenters. The molecule has 0 bridgehead atoms. The van der Waals surface area contributed by atoms with E-state index < -0.39 is 0 Å². The fourth-order valence-electron chi connectivity index (χ4n) is 1.63. The molecule has 0 saturated heterocycles. The van der Waals surface area contributed by atoms with E-state index in [4.69, 9.17) is 16.7 Å². The van der Waals surface area contributed by atoms with Crippen LogP contribution in [0.3, 0.4) is 0 Å². The number of benzene rings is 1. The zero-order valence-corrected chi connectivity index (χ0v) is 11.6. The Morgan fingerprint density at radius 2 is 2.22 bits per heavy atom. The summed E-state index contributed by atoms with van der Waals surface area (Å²) in [5.41, 5.74) is 1.53. The van der Waals surface area contributed by atoms with Crippen molar-refractivity contribution in [1.82, 2.24) is 5.32 Å². The summed E-state index contributed by atoms with van der Waals surface area (Å²) >= 11 is 5.91. The number of rotatable bonds is 6. The first-order valence-corrected chi connectivity index (χ1v) is 6.57. The van der Waals surface area contributed by atoms with Gasteiger partial charge < -0.3 is 10.4 Å². The predicted molar refractivity (Wildman–Crippen MR) is 74.0 cm³/mol. The van der Waals surface area contributed by atoms with E-state index in [-0.39, 0.29) is 12.5 Å². The molecule has 1 aromatic carbocycles. The average molecular weight is 270 g/mol. The van der Waals surface area contributed by atoms with Crippen molar-refractivity contribution in [3.05, 3.63) is 34.3 Å². The molecule has 1 amide bonds. The van der Waals surface area contributed by atoms with E-state index in [1.165, 1.54) is 0 Å². The summed E-state index contributed by atoms with van der Waals surface area (Å²) in [4.78, 5) is 11.8. The number of hydrogen-bond acceptors (Lipinski definition) is 2. The molecule has 0 saturated carbocycles. The molecule has 1 rings (SSSR count). The Balaban J connectivity index is 2.39. The largest absolute Gasteiger partial charge is 0.396 e. The first kappa shape index (κ1) is 15.0. The van der Waals surface area contributed by atoms with Crippen molar-refractivity contribution >= 4 is 17.5 Å². The van der Waals surface area contributed by atoms with E-state index in [2.05, 4.69) is 5.32 Å². The Hall–Kier alpha value is -1.06. The van der Waals surface area contributed by atoms with E-state index in [0.717, 1.165) is 18.4 Å². The highest BCUT2D eigenvalue weighted by atomic mass is 35.5. The lowest BCUT2D eigenvalue weighted by Gasteiger charge is -2.09. The summed E-state index contributed by atoms with van der Waals surface area (Å²) in [6.45, 7) is 4.70. The average Bonchev–Trinajstić information content (AvgIpc) is 2.37. The molecule has 2 N–H and O–H groups in total. The Bertz CT molecular complexity index is 407. The zero-order valence-electron chi connectivity index (χ0n) is 10.9. The summed E-state index contributed by atoms with van der Waals surface area (Å²) in [6.07, 6.45) is 1.79. The Morgan fingerprint density at radius 1 is 1.50 bits per heavy atom. The second-order valence-electron chi connectivity index (χ2n) is 4.65. The van der Waals surface area contributed by atoms with Crippen molar-refractivity contribution in [2.45, 2.75) is 26.7 Å². The number of carbonyl (C=O) groups excluding carboxylic acids is 1. The fraction of sp³-hybridized carbons (Fsp3) is 0.500. The van der Waals surface area contributed by atoms with Crippen LogP contribution in [0, 0.1) is 12.8 Å². The van der Waals surface area contributed by atoms with Crippen molar-refractivity contribution in [2.75, 3.05) is 13.2 Å². The number of halogens is 1. The maximum Gasteiger partial charge on any atom is 0.251 e. The predicted octanol–water partition coefficient (Wildman–Crippen LogP) is 2.79. The number of aryl methyl sites for hydroxylation is 1. The molecular formula is C14H20ClNO2. The molecule has 3 nitrogen and oxygen atoms in total. The molecule has 0 aliphatic rings. The first-order valence-electron chi connectivity index (χ1n) is 6.19. The number of aliphatic hydroxyl groups excluding tert-OH is 1. The Labute approximate surface area is 113 Å². The van der Waals surface area contributed by atoms with E-state index in [1.807, 2.05) is 13.8 Å². The summed E-state index contributed by atoms with van der Waals surface area (Å²) < 4.78 is 0. The number of aliphatic hydroxyl groups is 1. The summed E-state index contributed by atoms with van der Waals surface area (Å²) in [5, 5.41) is 12.4. The van der Waals surface area contributed by atoms with Gasteiger partial charge in [0.05, 0.1) is 0 Å². The maximum atomic E-state index is 11.8. The van der Waals surface area contributed by atoms with Crippen LogP contribution in [0.2, 0.25) is 5.02 Å². The minimum absolute atomic E-state index is 0.0774. The van der Waals surface area contributed by atoms with Crippen molar-refractivity contribution in [1.29, 1.82) is 0 Å². The fourth-order valence-corrected chi connectivity index (χ4v) is 1.75. The van der Waals surface area contributed by atoms with Crippen LogP contribution in [0.15, 0.2) is 18.2 Å². The van der Waals surface area contributed by atoms with Crippen molar-refractivity contribution in [3.63, 3.8) is 0 Å². The number of nitrogens with one attached hydrogen (secondary N) is 1. The molecule has 18 heavy (non-hydrogen) atoms. The molecule has 0 fully saturated rings. The molecule has 0 radical (unpaired) electrons. The van der Waals surface area contributed by atoms with Gasteiger partial charge >= 0.3 is 0 Å². The monoisotopic (exact) mass is 269 g/mol. The van der Waals surface area contributed by atoms with Gasteiger partial charge in [-0.15, -0.1) is 0 Å². The second-order valence-corrected chi connectivity index (χ2v) is 5.06. The van der Waals surface area contributed by atoms with E-state index >= 15 is 0 Å². The highest BCUT2D eigenvalue weighted by Crippen LogP contribution is 2.16. The summed E-state index contributed by atoms with van der Waals surface area (Å²) in [7, 11) is 0. The normalized spacial score (nSPS) is 12.2. The second kappa shape index (κ2) is 7.39. The molecule has 4 heteroatoms. The van der Waals surface area contributed by atoms with Crippen LogP contribution in [-0.4, -0.2) is 24.2 Å². The molecule has 100 valence electrons. The van der Waals surface area contributed by atoms with Crippen molar-refractivity contribution < 1.29 is 9.90 Å². The molecule has 0 heterocycles. The highest BCUT2D eigenvalue weighted by molar-refractivity contribution is 6.31. The number of carbonyl (C=O) groups is 1. The third kappa shape index (κ3) is 4.67. The number of amides is 1. The molecule has 1 aromatic rings. The molecule has 1 atom stereocenters. The van der Waals surface area contributed by atoms with Crippen LogP contribution in [0.4, 0.5) is 0 Å². The van der Waals surface area contributed by atoms with Crippen LogP contribution >= 0.6 is 11.6 Å². The summed E-state index contributed by atoms with van der Waals surface area (Å²) in [5.74, 6) is 0.214. The van der Waals surface area contributed by atoms with Gasteiger partial charge in [0.2, 0.25) is 0 Å². The third-order valence-corrected chi connectivity index (χ3v) is 3.32. The van der Waals surface area contributed by atoms with Crippen LogP contribution in [0.25, 0.3) is 0 Å². The quantitative estimate of drug-likeness (QED) is 0.780.